The molecule has 2 unspecified atom stereocenters. The number of nitrogens with zero attached hydrogens (tertiary/aromatic N) is 3. The van der Waals surface area contributed by atoms with Gasteiger partial charge in [0.25, 0.3) is 5.91 Å². The van der Waals surface area contributed by atoms with Crippen molar-refractivity contribution in [2.75, 3.05) is 7.11 Å². The molecule has 2 atom stereocenters. The van der Waals surface area contributed by atoms with E-state index in [-0.39, 0.29) is 24.2 Å². The van der Waals surface area contributed by atoms with Crippen molar-refractivity contribution in [3.63, 3.8) is 0 Å². The van der Waals surface area contributed by atoms with E-state index in [1.54, 1.807) is 12.1 Å². The summed E-state index contributed by atoms with van der Waals surface area (Å²) in [5.41, 5.74) is 3.28. The molecular weight excluding hydrogens is 513 g/mol. The number of methoxy groups -OCH3 is 1. The number of benzene rings is 4. The molecule has 6 rings (SSSR count). The Morgan fingerprint density at radius 3 is 2.49 bits per heavy atom. The zero-order valence-electron chi connectivity index (χ0n) is 21.1. The Labute approximate surface area is 229 Å². The lowest BCUT2D eigenvalue weighted by atomic mass is 9.97. The summed E-state index contributed by atoms with van der Waals surface area (Å²) in [7, 11) is 1.63. The van der Waals surface area contributed by atoms with Gasteiger partial charge in [-0.15, -0.1) is 0 Å². The number of hydrazone groups is 1. The third-order valence-corrected chi connectivity index (χ3v) is 8.10. The summed E-state index contributed by atoms with van der Waals surface area (Å²) in [6.07, 6.45) is 0.599. The number of halogens is 1. The molecule has 2 aliphatic rings. The fourth-order valence-electron chi connectivity index (χ4n) is 4.84. The third kappa shape index (κ3) is 5.07. The fraction of sp³-hybridized carbons (Fsp3) is 0.161. The van der Waals surface area contributed by atoms with Crippen molar-refractivity contribution in [3.8, 4) is 5.75 Å². The molecule has 1 amide bonds. The number of carbonyl (C=O) groups is 2. The Kier molecular flexibility index (Phi) is 6.70. The normalized spacial score (nSPS) is 18.8. The van der Waals surface area contributed by atoms with E-state index in [1.165, 1.54) is 36.0 Å². The molecule has 0 aliphatic carbocycles. The summed E-state index contributed by atoms with van der Waals surface area (Å²) in [5.74, 6) is -0.262. The van der Waals surface area contributed by atoms with Crippen molar-refractivity contribution in [3.05, 3.63) is 114 Å². The van der Waals surface area contributed by atoms with Gasteiger partial charge in [-0.2, -0.15) is 10.1 Å². The van der Waals surface area contributed by atoms with Crippen LogP contribution in [0.25, 0.3) is 10.8 Å². The van der Waals surface area contributed by atoms with Crippen LogP contribution < -0.4 is 4.74 Å². The number of hydrogen-bond donors (Lipinski definition) is 0. The molecule has 4 aromatic rings. The average molecular weight is 538 g/mol. The first-order valence-electron chi connectivity index (χ1n) is 12.6. The molecule has 0 spiro atoms. The Balaban J connectivity index is 1.29. The zero-order chi connectivity index (χ0) is 26.9. The van der Waals surface area contributed by atoms with Crippen molar-refractivity contribution in [2.24, 2.45) is 10.1 Å². The number of aliphatic imine (C=N–C) groups is 1. The van der Waals surface area contributed by atoms with Gasteiger partial charge in [0.15, 0.2) is 11.0 Å². The summed E-state index contributed by atoms with van der Waals surface area (Å²) in [4.78, 5) is 30.0. The average Bonchev–Trinajstić information content (AvgIpc) is 3.57. The number of ketones is 1. The van der Waals surface area contributed by atoms with Crippen molar-refractivity contribution in [1.82, 2.24) is 5.01 Å². The van der Waals surface area contributed by atoms with Gasteiger partial charge in [0, 0.05) is 18.4 Å². The van der Waals surface area contributed by atoms with Crippen molar-refractivity contribution in [2.45, 2.75) is 24.1 Å². The first kappa shape index (κ1) is 25.0. The van der Waals surface area contributed by atoms with Gasteiger partial charge in [0.05, 0.1) is 18.9 Å². The monoisotopic (exact) mass is 537 g/mol. The maximum Gasteiger partial charge on any atom is 0.262 e. The van der Waals surface area contributed by atoms with Crippen LogP contribution in [0.4, 0.5) is 4.39 Å². The molecule has 8 heteroatoms. The SMILES string of the molecule is COc1ccc(C2CC(c3ccc4ccccc4c3)=NN2C2=NC(=O)C(CC(=O)c3ccc(F)cc3)S2)cc1. The summed E-state index contributed by atoms with van der Waals surface area (Å²) < 4.78 is 18.6. The minimum absolute atomic E-state index is 0.0234. The highest BCUT2D eigenvalue weighted by molar-refractivity contribution is 8.15. The van der Waals surface area contributed by atoms with Gasteiger partial charge in [-0.25, -0.2) is 9.40 Å². The van der Waals surface area contributed by atoms with Crippen molar-refractivity contribution in [1.29, 1.82) is 0 Å². The maximum atomic E-state index is 13.3. The quantitative estimate of drug-likeness (QED) is 0.266. The van der Waals surface area contributed by atoms with Crippen LogP contribution in [0.1, 0.15) is 40.4 Å². The van der Waals surface area contributed by atoms with E-state index < -0.39 is 11.1 Å². The van der Waals surface area contributed by atoms with Crippen LogP contribution in [0, 0.1) is 5.82 Å². The third-order valence-electron chi connectivity index (χ3n) is 6.96. The van der Waals surface area contributed by atoms with Gasteiger partial charge < -0.3 is 4.74 Å². The van der Waals surface area contributed by atoms with Crippen LogP contribution in [0.2, 0.25) is 0 Å². The van der Waals surface area contributed by atoms with Crippen molar-refractivity contribution >= 4 is 45.1 Å². The molecule has 0 bridgehead atoms. The fourth-order valence-corrected chi connectivity index (χ4v) is 5.90. The molecule has 2 heterocycles. The van der Waals surface area contributed by atoms with E-state index >= 15 is 0 Å². The van der Waals surface area contributed by atoms with Crippen LogP contribution in [0.5, 0.6) is 5.75 Å². The van der Waals surface area contributed by atoms with Crippen LogP contribution in [0.3, 0.4) is 0 Å². The highest BCUT2D eigenvalue weighted by Gasteiger charge is 2.39. The predicted molar refractivity (Wildman–Crippen MR) is 152 cm³/mol. The molecule has 0 N–H and O–H groups in total. The summed E-state index contributed by atoms with van der Waals surface area (Å²) in [6, 6.07) is 27.4. The molecule has 0 fully saturated rings. The maximum absolute atomic E-state index is 13.3. The molecule has 39 heavy (non-hydrogen) atoms. The summed E-state index contributed by atoms with van der Waals surface area (Å²) >= 11 is 1.25. The van der Waals surface area contributed by atoms with Crippen LogP contribution in [-0.4, -0.2) is 39.9 Å². The number of ether oxygens (including phenoxy) is 1. The topological polar surface area (TPSA) is 71.3 Å². The van der Waals surface area contributed by atoms with Gasteiger partial charge in [0.2, 0.25) is 0 Å². The lowest BCUT2D eigenvalue weighted by molar-refractivity contribution is -0.117. The summed E-state index contributed by atoms with van der Waals surface area (Å²) in [6.45, 7) is 0. The Morgan fingerprint density at radius 1 is 1.00 bits per heavy atom. The minimum atomic E-state index is -0.658. The minimum Gasteiger partial charge on any atom is -0.497 e. The van der Waals surface area contributed by atoms with E-state index in [0.717, 1.165) is 33.4 Å². The van der Waals surface area contributed by atoms with Crippen molar-refractivity contribution < 1.29 is 18.7 Å². The largest absolute Gasteiger partial charge is 0.497 e. The van der Waals surface area contributed by atoms with E-state index in [4.69, 9.17) is 9.84 Å². The van der Waals surface area contributed by atoms with Crippen LogP contribution in [0.15, 0.2) is 101 Å². The second kappa shape index (κ2) is 10.5. The van der Waals surface area contributed by atoms with Crippen LogP contribution in [-0.2, 0) is 4.79 Å². The highest BCUT2D eigenvalue weighted by Crippen LogP contribution is 2.39. The zero-order valence-corrected chi connectivity index (χ0v) is 21.9. The molecule has 0 saturated heterocycles. The van der Waals surface area contributed by atoms with Crippen LogP contribution >= 0.6 is 11.8 Å². The standard InChI is InChI=1S/C31H24FN3O3S/c1-38-25-14-10-20(11-15-25)27-17-26(23-7-6-19-4-2-3-5-22(19)16-23)34-35(27)31-33-30(37)29(39-31)18-28(36)21-8-12-24(32)13-9-21/h2-16,27,29H,17-18H2,1H3. The highest BCUT2D eigenvalue weighted by atomic mass is 32.2. The molecule has 2 aliphatic heterocycles. The molecule has 194 valence electrons. The number of thioether (sulfide) groups is 1. The number of hydrogen-bond acceptors (Lipinski definition) is 6. The molecular formula is C31H24FN3O3S. The first-order chi connectivity index (χ1) is 19.0. The number of Topliss-reactive ketones (excluding diaryl/α,β-unsaturated/α-hetero) is 1. The van der Waals surface area contributed by atoms with E-state index in [2.05, 4.69) is 35.3 Å². The van der Waals surface area contributed by atoms with Gasteiger partial charge in [-0.1, -0.05) is 60.3 Å². The molecule has 4 aromatic carbocycles. The van der Waals surface area contributed by atoms with E-state index in [0.29, 0.717) is 17.2 Å². The predicted octanol–water partition coefficient (Wildman–Crippen LogP) is 6.41. The molecule has 0 saturated carbocycles. The second-order valence-corrected chi connectivity index (χ2v) is 10.6. The Bertz CT molecular complexity index is 1630. The lowest BCUT2D eigenvalue weighted by Gasteiger charge is -2.23. The second-order valence-electron chi connectivity index (χ2n) is 9.42. The van der Waals surface area contributed by atoms with E-state index in [1.807, 2.05) is 36.4 Å². The number of amidine groups is 1. The van der Waals surface area contributed by atoms with Gasteiger partial charge in [-0.05, 0) is 64.4 Å². The molecule has 0 radical (unpaired) electrons. The number of fused-ring (bicyclic) bond motifs is 1. The van der Waals surface area contributed by atoms with Gasteiger partial charge >= 0.3 is 0 Å². The number of amides is 1. The smallest absolute Gasteiger partial charge is 0.262 e. The first-order valence-corrected chi connectivity index (χ1v) is 13.4. The molecule has 0 aromatic heterocycles. The summed E-state index contributed by atoms with van der Waals surface area (Å²) in [5, 5.41) is 8.84. The number of rotatable bonds is 6. The lowest BCUT2D eigenvalue weighted by Crippen LogP contribution is -2.24. The van der Waals surface area contributed by atoms with Gasteiger partial charge in [-0.3, -0.25) is 9.59 Å². The number of carbonyl (C=O) groups excluding carboxylic acids is 2. The molecule has 6 nitrogen and oxygen atoms in total. The van der Waals surface area contributed by atoms with Gasteiger partial charge in [0.1, 0.15) is 16.8 Å². The Morgan fingerprint density at radius 2 is 1.74 bits per heavy atom. The Hall–Kier alpha value is -4.30. The van der Waals surface area contributed by atoms with E-state index in [9.17, 15) is 14.0 Å².